The van der Waals surface area contributed by atoms with E-state index in [-0.39, 0.29) is 36.5 Å². The molecule has 1 heterocycles. The van der Waals surface area contributed by atoms with Crippen LogP contribution in [-0.2, 0) is 9.59 Å². The van der Waals surface area contributed by atoms with Crippen LogP contribution in [0.4, 0.5) is 11.4 Å². The van der Waals surface area contributed by atoms with Crippen molar-refractivity contribution in [1.82, 2.24) is 5.32 Å². The van der Waals surface area contributed by atoms with Crippen LogP contribution in [0.25, 0.3) is 0 Å². The van der Waals surface area contributed by atoms with Crippen molar-refractivity contribution in [3.05, 3.63) is 58.1 Å². The normalized spacial score (nSPS) is 16.3. The van der Waals surface area contributed by atoms with Gasteiger partial charge in [0.15, 0.2) is 6.61 Å². The second-order valence-electron chi connectivity index (χ2n) is 7.33. The molecular formula is C21H21N3O6. The molecule has 1 aliphatic carbocycles. The molecule has 1 fully saturated rings. The average molecular weight is 411 g/mol. The van der Waals surface area contributed by atoms with Gasteiger partial charge >= 0.3 is 0 Å². The quantitative estimate of drug-likeness (QED) is 0.554. The molecule has 1 aliphatic heterocycles. The lowest BCUT2D eigenvalue weighted by Gasteiger charge is -2.29. The fourth-order valence-electron chi connectivity index (χ4n) is 3.55. The molecule has 1 unspecified atom stereocenters. The maximum absolute atomic E-state index is 12.8. The van der Waals surface area contributed by atoms with Crippen LogP contribution in [0.15, 0.2) is 42.5 Å². The predicted octanol–water partition coefficient (Wildman–Crippen LogP) is 2.60. The van der Waals surface area contributed by atoms with Crippen LogP contribution < -0.4 is 19.7 Å². The highest BCUT2D eigenvalue weighted by molar-refractivity contribution is 6.02. The summed E-state index contributed by atoms with van der Waals surface area (Å²) < 4.78 is 10.5. The molecule has 2 aromatic rings. The van der Waals surface area contributed by atoms with E-state index in [0.717, 1.165) is 24.2 Å². The van der Waals surface area contributed by atoms with Crippen LogP contribution in [0.3, 0.4) is 0 Å². The lowest BCUT2D eigenvalue weighted by atomic mass is 10.0. The number of nitro groups is 1. The van der Waals surface area contributed by atoms with Crippen molar-refractivity contribution in [3.8, 4) is 11.5 Å². The first-order valence-electron chi connectivity index (χ1n) is 9.61. The highest BCUT2D eigenvalue weighted by atomic mass is 16.6. The van der Waals surface area contributed by atoms with Gasteiger partial charge in [0.1, 0.15) is 18.0 Å². The second kappa shape index (κ2) is 8.02. The molecule has 2 aromatic carbocycles. The zero-order chi connectivity index (χ0) is 21.3. The lowest BCUT2D eigenvalue weighted by molar-refractivity contribution is -0.384. The summed E-state index contributed by atoms with van der Waals surface area (Å²) in [7, 11) is 1.59. The van der Waals surface area contributed by atoms with Crippen molar-refractivity contribution in [3.63, 3.8) is 0 Å². The number of hydrogen-bond donors (Lipinski definition) is 1. The SMILES string of the molecule is COc1ccc(C(NC(=O)CN2C(=O)COc3ccc([N+](=O)[O-])cc32)C2CC2)cc1. The Kier molecular flexibility index (Phi) is 5.26. The summed E-state index contributed by atoms with van der Waals surface area (Å²) in [6, 6.07) is 11.4. The molecule has 1 N–H and O–H groups in total. The Balaban J connectivity index is 1.52. The maximum Gasteiger partial charge on any atom is 0.271 e. The van der Waals surface area contributed by atoms with Crippen molar-refractivity contribution < 1.29 is 24.0 Å². The van der Waals surface area contributed by atoms with Crippen LogP contribution in [0, 0.1) is 16.0 Å². The van der Waals surface area contributed by atoms with Crippen LogP contribution >= 0.6 is 0 Å². The zero-order valence-corrected chi connectivity index (χ0v) is 16.4. The van der Waals surface area contributed by atoms with Crippen molar-refractivity contribution in [2.45, 2.75) is 18.9 Å². The molecule has 0 spiro atoms. The molecule has 156 valence electrons. The predicted molar refractivity (Wildman–Crippen MR) is 108 cm³/mol. The number of carbonyl (C=O) groups excluding carboxylic acids is 2. The van der Waals surface area contributed by atoms with Crippen molar-refractivity contribution in [2.24, 2.45) is 5.92 Å². The van der Waals surface area contributed by atoms with E-state index in [1.54, 1.807) is 7.11 Å². The number of non-ortho nitro benzene ring substituents is 1. The number of amides is 2. The van der Waals surface area contributed by atoms with E-state index in [9.17, 15) is 19.7 Å². The number of nitro benzene ring substituents is 1. The van der Waals surface area contributed by atoms with Gasteiger partial charge in [0, 0.05) is 12.1 Å². The molecule has 1 saturated carbocycles. The van der Waals surface area contributed by atoms with Crippen LogP contribution in [0.1, 0.15) is 24.4 Å². The van der Waals surface area contributed by atoms with Gasteiger partial charge in [-0.25, -0.2) is 0 Å². The number of nitrogens with zero attached hydrogens (tertiary/aromatic N) is 2. The third-order valence-electron chi connectivity index (χ3n) is 5.28. The number of benzene rings is 2. The summed E-state index contributed by atoms with van der Waals surface area (Å²) >= 11 is 0. The molecule has 30 heavy (non-hydrogen) atoms. The zero-order valence-electron chi connectivity index (χ0n) is 16.4. The Morgan fingerprint density at radius 1 is 1.30 bits per heavy atom. The van der Waals surface area contributed by atoms with Gasteiger partial charge < -0.3 is 14.8 Å². The Morgan fingerprint density at radius 3 is 2.67 bits per heavy atom. The van der Waals surface area contributed by atoms with E-state index < -0.39 is 10.8 Å². The molecule has 0 aromatic heterocycles. The summed E-state index contributed by atoms with van der Waals surface area (Å²) in [5.41, 5.74) is 1.02. The molecule has 2 amide bonds. The van der Waals surface area contributed by atoms with Gasteiger partial charge in [0.05, 0.1) is 23.8 Å². The summed E-state index contributed by atoms with van der Waals surface area (Å²) in [5, 5.41) is 14.1. The highest BCUT2D eigenvalue weighted by Crippen LogP contribution is 2.41. The first-order chi connectivity index (χ1) is 14.5. The van der Waals surface area contributed by atoms with E-state index in [0.29, 0.717) is 11.7 Å². The molecule has 0 bridgehead atoms. The maximum atomic E-state index is 12.8. The van der Waals surface area contributed by atoms with E-state index in [2.05, 4.69) is 5.32 Å². The molecular weight excluding hydrogens is 390 g/mol. The van der Waals surface area contributed by atoms with Crippen molar-refractivity contribution in [2.75, 3.05) is 25.2 Å². The third-order valence-corrected chi connectivity index (χ3v) is 5.28. The van der Waals surface area contributed by atoms with E-state index in [4.69, 9.17) is 9.47 Å². The van der Waals surface area contributed by atoms with Crippen molar-refractivity contribution >= 4 is 23.2 Å². The fraction of sp³-hybridized carbons (Fsp3) is 0.333. The lowest BCUT2D eigenvalue weighted by Crippen LogP contribution is -2.46. The number of methoxy groups -OCH3 is 1. The highest BCUT2D eigenvalue weighted by Gasteiger charge is 2.35. The minimum absolute atomic E-state index is 0.163. The van der Waals surface area contributed by atoms with Gasteiger partial charge in [-0.15, -0.1) is 0 Å². The number of carbonyl (C=O) groups is 2. The molecule has 9 nitrogen and oxygen atoms in total. The number of fused-ring (bicyclic) bond motifs is 1. The minimum Gasteiger partial charge on any atom is -0.497 e. The number of hydrogen-bond acceptors (Lipinski definition) is 6. The molecule has 1 atom stereocenters. The van der Waals surface area contributed by atoms with Crippen LogP contribution in [0.2, 0.25) is 0 Å². The van der Waals surface area contributed by atoms with E-state index in [1.165, 1.54) is 23.1 Å². The first-order valence-corrected chi connectivity index (χ1v) is 9.61. The van der Waals surface area contributed by atoms with Gasteiger partial charge in [-0.3, -0.25) is 24.6 Å². The number of ether oxygens (including phenoxy) is 2. The third kappa shape index (κ3) is 4.05. The smallest absolute Gasteiger partial charge is 0.271 e. The van der Waals surface area contributed by atoms with Crippen molar-refractivity contribution in [1.29, 1.82) is 0 Å². The fourth-order valence-corrected chi connectivity index (χ4v) is 3.55. The average Bonchev–Trinajstić information content (AvgIpc) is 3.59. The summed E-state index contributed by atoms with van der Waals surface area (Å²) in [5.74, 6) is 0.649. The van der Waals surface area contributed by atoms with Crippen LogP contribution in [0.5, 0.6) is 11.5 Å². The first kappa shape index (κ1) is 19.7. The van der Waals surface area contributed by atoms with Crippen LogP contribution in [-0.4, -0.2) is 37.0 Å². The van der Waals surface area contributed by atoms with E-state index in [1.807, 2.05) is 24.3 Å². The topological polar surface area (TPSA) is 111 Å². The largest absolute Gasteiger partial charge is 0.497 e. The van der Waals surface area contributed by atoms with E-state index >= 15 is 0 Å². The molecule has 0 saturated heterocycles. The molecule has 0 radical (unpaired) electrons. The Hall–Kier alpha value is -3.62. The summed E-state index contributed by atoms with van der Waals surface area (Å²) in [6.45, 7) is -0.460. The number of anilines is 1. The summed E-state index contributed by atoms with van der Waals surface area (Å²) in [4.78, 5) is 37.0. The number of nitrogens with one attached hydrogen (secondary N) is 1. The molecule has 4 rings (SSSR count). The number of rotatable bonds is 7. The molecule has 9 heteroatoms. The van der Waals surface area contributed by atoms with Gasteiger partial charge in [-0.1, -0.05) is 12.1 Å². The summed E-state index contributed by atoms with van der Waals surface area (Å²) in [6.07, 6.45) is 2.03. The van der Waals surface area contributed by atoms with Gasteiger partial charge in [0.2, 0.25) is 5.91 Å². The molecule has 2 aliphatic rings. The van der Waals surface area contributed by atoms with Gasteiger partial charge in [-0.05, 0) is 42.5 Å². The standard InChI is InChI=1S/C21H21N3O6/c1-29-16-7-4-14(5-8-16)21(13-2-3-13)22-19(25)11-23-17-10-15(24(27)28)6-9-18(17)30-12-20(23)26/h4-10,13,21H,2-3,11-12H2,1H3,(H,22,25). The second-order valence-corrected chi connectivity index (χ2v) is 7.33. The Labute approximate surface area is 172 Å². The van der Waals surface area contributed by atoms with Gasteiger partial charge in [0.25, 0.3) is 11.6 Å². The van der Waals surface area contributed by atoms with Gasteiger partial charge in [-0.2, -0.15) is 0 Å². The monoisotopic (exact) mass is 411 g/mol. The Bertz CT molecular complexity index is 987. The Morgan fingerprint density at radius 2 is 2.03 bits per heavy atom. The minimum atomic E-state index is -0.551.